The lowest BCUT2D eigenvalue weighted by Gasteiger charge is -2.06. The van der Waals surface area contributed by atoms with Gasteiger partial charge < -0.3 is 15.5 Å². The van der Waals surface area contributed by atoms with Crippen molar-refractivity contribution >= 4 is 34.2 Å². The first-order valence-electron chi connectivity index (χ1n) is 5.14. The second-order valence-electron chi connectivity index (χ2n) is 3.70. The smallest absolute Gasteiger partial charge is 0.255 e. The monoisotopic (exact) mass is 355 g/mol. The highest BCUT2D eigenvalue weighted by atomic mass is 127. The Balaban J connectivity index is 2.19. The van der Waals surface area contributed by atoms with Crippen molar-refractivity contribution in [1.29, 1.82) is 0 Å². The zero-order valence-electron chi connectivity index (χ0n) is 9.22. The van der Waals surface area contributed by atoms with Crippen molar-refractivity contribution < 1.29 is 15.0 Å². The third-order valence-corrected chi connectivity index (χ3v) is 2.99. The van der Waals surface area contributed by atoms with Gasteiger partial charge in [0, 0.05) is 20.9 Å². The van der Waals surface area contributed by atoms with Crippen molar-refractivity contribution in [2.75, 3.05) is 5.32 Å². The van der Waals surface area contributed by atoms with Crippen molar-refractivity contribution in [2.24, 2.45) is 0 Å². The van der Waals surface area contributed by atoms with Crippen molar-refractivity contribution in [3.63, 3.8) is 0 Å². The van der Waals surface area contributed by atoms with Gasteiger partial charge in [0.05, 0.1) is 0 Å². The SMILES string of the molecule is O=C(Nc1ccc(I)cc1)c1cc(O)cc(O)c1. The highest BCUT2D eigenvalue weighted by Crippen LogP contribution is 2.21. The number of phenolic OH excluding ortho intramolecular Hbond substituents is 2. The average Bonchev–Trinajstić information content (AvgIpc) is 2.31. The van der Waals surface area contributed by atoms with Crippen LogP contribution in [-0.2, 0) is 0 Å². The molecule has 0 heterocycles. The molecule has 3 N–H and O–H groups in total. The topological polar surface area (TPSA) is 69.6 Å². The van der Waals surface area contributed by atoms with E-state index in [9.17, 15) is 15.0 Å². The Kier molecular flexibility index (Phi) is 3.71. The van der Waals surface area contributed by atoms with E-state index < -0.39 is 0 Å². The Morgan fingerprint density at radius 2 is 1.56 bits per heavy atom. The van der Waals surface area contributed by atoms with Gasteiger partial charge in [0.25, 0.3) is 5.91 Å². The van der Waals surface area contributed by atoms with Crippen molar-refractivity contribution in [3.05, 3.63) is 51.6 Å². The van der Waals surface area contributed by atoms with Crippen LogP contribution in [0.4, 0.5) is 5.69 Å². The number of carbonyl (C=O) groups excluding carboxylic acids is 1. The highest BCUT2D eigenvalue weighted by molar-refractivity contribution is 14.1. The Morgan fingerprint density at radius 1 is 1.00 bits per heavy atom. The minimum atomic E-state index is -0.387. The molecule has 4 nitrogen and oxygen atoms in total. The third kappa shape index (κ3) is 3.13. The summed E-state index contributed by atoms with van der Waals surface area (Å²) in [6, 6.07) is 11.1. The van der Waals surface area contributed by atoms with Gasteiger partial charge in [-0.3, -0.25) is 4.79 Å². The average molecular weight is 355 g/mol. The lowest BCUT2D eigenvalue weighted by Crippen LogP contribution is -2.11. The van der Waals surface area contributed by atoms with E-state index >= 15 is 0 Å². The fraction of sp³-hybridized carbons (Fsp3) is 0. The number of nitrogens with one attached hydrogen (secondary N) is 1. The first kappa shape index (κ1) is 12.7. The van der Waals surface area contributed by atoms with E-state index in [1.165, 1.54) is 18.2 Å². The van der Waals surface area contributed by atoms with E-state index in [2.05, 4.69) is 27.9 Å². The van der Waals surface area contributed by atoms with Crippen LogP contribution in [0.1, 0.15) is 10.4 Å². The fourth-order valence-electron chi connectivity index (χ4n) is 1.46. The summed E-state index contributed by atoms with van der Waals surface area (Å²) in [7, 11) is 0. The van der Waals surface area contributed by atoms with Gasteiger partial charge in [-0.2, -0.15) is 0 Å². The molecule has 0 bridgehead atoms. The number of hydrogen-bond acceptors (Lipinski definition) is 3. The number of halogens is 1. The molecule has 2 aromatic carbocycles. The minimum absolute atomic E-state index is 0.150. The molecule has 2 aromatic rings. The summed E-state index contributed by atoms with van der Waals surface area (Å²) < 4.78 is 1.07. The molecule has 2 rings (SSSR count). The van der Waals surface area contributed by atoms with Gasteiger partial charge in [0.15, 0.2) is 0 Å². The number of rotatable bonds is 2. The molecule has 0 radical (unpaired) electrons. The molecular formula is C13H10INO3. The second kappa shape index (κ2) is 5.26. The molecule has 0 saturated carbocycles. The summed E-state index contributed by atoms with van der Waals surface area (Å²) in [5.74, 6) is -0.687. The van der Waals surface area contributed by atoms with Crippen molar-refractivity contribution in [3.8, 4) is 11.5 Å². The number of anilines is 1. The molecule has 0 aromatic heterocycles. The van der Waals surface area contributed by atoms with Crippen LogP contribution in [0.15, 0.2) is 42.5 Å². The molecule has 1 amide bonds. The first-order chi connectivity index (χ1) is 8.54. The standard InChI is InChI=1S/C13H10INO3/c14-9-1-3-10(4-2-9)15-13(18)8-5-11(16)7-12(17)6-8/h1-7,16-17H,(H,15,18). The summed E-state index contributed by atoms with van der Waals surface area (Å²) in [5, 5.41) is 21.3. The maximum atomic E-state index is 11.9. The van der Waals surface area contributed by atoms with Crippen LogP contribution < -0.4 is 5.32 Å². The van der Waals surface area contributed by atoms with Crippen LogP contribution >= 0.6 is 22.6 Å². The van der Waals surface area contributed by atoms with Gasteiger partial charge >= 0.3 is 0 Å². The predicted molar refractivity (Wildman–Crippen MR) is 76.9 cm³/mol. The van der Waals surface area contributed by atoms with Crippen LogP contribution in [-0.4, -0.2) is 16.1 Å². The van der Waals surface area contributed by atoms with E-state index in [1.54, 1.807) is 12.1 Å². The van der Waals surface area contributed by atoms with Gasteiger partial charge in [0.2, 0.25) is 0 Å². The highest BCUT2D eigenvalue weighted by Gasteiger charge is 2.08. The molecule has 0 fully saturated rings. The summed E-state index contributed by atoms with van der Waals surface area (Å²) in [5.41, 5.74) is 0.856. The molecule has 0 spiro atoms. The van der Waals surface area contributed by atoms with Gasteiger partial charge in [-0.15, -0.1) is 0 Å². The molecule has 0 aliphatic carbocycles. The second-order valence-corrected chi connectivity index (χ2v) is 4.94. The number of hydrogen-bond donors (Lipinski definition) is 3. The quantitative estimate of drug-likeness (QED) is 0.726. The van der Waals surface area contributed by atoms with Gasteiger partial charge in [-0.05, 0) is 59.0 Å². The molecule has 18 heavy (non-hydrogen) atoms. The van der Waals surface area contributed by atoms with Crippen LogP contribution in [0, 0.1) is 3.57 Å². The fourth-order valence-corrected chi connectivity index (χ4v) is 1.82. The van der Waals surface area contributed by atoms with E-state index in [0.717, 1.165) is 3.57 Å². The molecule has 0 unspecified atom stereocenters. The zero-order chi connectivity index (χ0) is 13.1. The molecular weight excluding hydrogens is 345 g/mol. The maximum absolute atomic E-state index is 11.9. The first-order valence-corrected chi connectivity index (χ1v) is 6.22. The van der Waals surface area contributed by atoms with Crippen LogP contribution in [0.5, 0.6) is 11.5 Å². The summed E-state index contributed by atoms with van der Waals surface area (Å²) >= 11 is 2.17. The lowest BCUT2D eigenvalue weighted by molar-refractivity contribution is 0.102. The normalized spacial score (nSPS) is 10.1. The van der Waals surface area contributed by atoms with E-state index in [0.29, 0.717) is 5.69 Å². The Morgan fingerprint density at radius 3 is 2.11 bits per heavy atom. The van der Waals surface area contributed by atoms with Crippen LogP contribution in [0.3, 0.4) is 0 Å². The van der Waals surface area contributed by atoms with E-state index in [1.807, 2.05) is 12.1 Å². The minimum Gasteiger partial charge on any atom is -0.508 e. The van der Waals surface area contributed by atoms with Crippen LogP contribution in [0.25, 0.3) is 0 Å². The van der Waals surface area contributed by atoms with E-state index in [4.69, 9.17) is 0 Å². The number of benzene rings is 2. The van der Waals surface area contributed by atoms with Gasteiger partial charge in [0.1, 0.15) is 11.5 Å². The van der Waals surface area contributed by atoms with Crippen LogP contribution in [0.2, 0.25) is 0 Å². The molecule has 5 heteroatoms. The summed E-state index contributed by atoms with van der Waals surface area (Å²) in [6.07, 6.45) is 0. The number of aromatic hydroxyl groups is 2. The maximum Gasteiger partial charge on any atom is 0.255 e. The number of carbonyl (C=O) groups is 1. The number of phenols is 2. The molecule has 92 valence electrons. The van der Waals surface area contributed by atoms with E-state index in [-0.39, 0.29) is 23.0 Å². The van der Waals surface area contributed by atoms with Crippen molar-refractivity contribution in [2.45, 2.75) is 0 Å². The Bertz CT molecular complexity index is 561. The predicted octanol–water partition coefficient (Wildman–Crippen LogP) is 2.95. The summed E-state index contributed by atoms with van der Waals surface area (Å²) in [4.78, 5) is 11.9. The lowest BCUT2D eigenvalue weighted by atomic mass is 10.2. The summed E-state index contributed by atoms with van der Waals surface area (Å²) in [6.45, 7) is 0. The van der Waals surface area contributed by atoms with Gasteiger partial charge in [-0.1, -0.05) is 0 Å². The van der Waals surface area contributed by atoms with Gasteiger partial charge in [-0.25, -0.2) is 0 Å². The largest absolute Gasteiger partial charge is 0.508 e. The Hall–Kier alpha value is -1.76. The molecule has 0 saturated heterocycles. The Labute approximate surface area is 117 Å². The molecule has 0 aliphatic heterocycles. The third-order valence-electron chi connectivity index (χ3n) is 2.27. The molecule has 0 aliphatic rings. The number of amides is 1. The zero-order valence-corrected chi connectivity index (χ0v) is 11.4. The van der Waals surface area contributed by atoms with Crippen molar-refractivity contribution in [1.82, 2.24) is 0 Å². The molecule has 0 atom stereocenters.